The molecule has 0 radical (unpaired) electrons. The van der Waals surface area contributed by atoms with Gasteiger partial charge in [-0.05, 0) is 41.3 Å². The van der Waals surface area contributed by atoms with E-state index < -0.39 is 0 Å². The maximum atomic E-state index is 11.3. The summed E-state index contributed by atoms with van der Waals surface area (Å²) >= 11 is 0. The Labute approximate surface area is 163 Å². The number of hydrogen-bond donors (Lipinski definition) is 1. The highest BCUT2D eigenvalue weighted by Gasteiger charge is 2.38. The summed E-state index contributed by atoms with van der Waals surface area (Å²) in [5, 5.41) is 14.8. The fourth-order valence-corrected chi connectivity index (χ4v) is 4.68. The smallest absolute Gasteiger partial charge is 0.269 e. The Morgan fingerprint density at radius 2 is 1.75 bits per heavy atom. The lowest BCUT2D eigenvalue weighted by molar-refractivity contribution is -0.384. The molecule has 28 heavy (non-hydrogen) atoms. The van der Waals surface area contributed by atoms with Crippen molar-refractivity contribution in [2.75, 3.05) is 23.3 Å². The van der Waals surface area contributed by atoms with Crippen LogP contribution in [0, 0.1) is 10.1 Å². The first-order valence-corrected chi connectivity index (χ1v) is 9.64. The Morgan fingerprint density at radius 3 is 2.57 bits per heavy atom. The number of hydrogen-bond acceptors (Lipinski definition) is 4. The van der Waals surface area contributed by atoms with Crippen molar-refractivity contribution in [2.24, 2.45) is 0 Å². The van der Waals surface area contributed by atoms with E-state index in [0.717, 1.165) is 30.8 Å². The van der Waals surface area contributed by atoms with E-state index in [1.165, 1.54) is 16.8 Å². The average Bonchev–Trinajstić information content (AvgIpc) is 3.16. The predicted molar refractivity (Wildman–Crippen MR) is 111 cm³/mol. The SMILES string of the molecule is O=[N+]([O-])c1ccc2c(c1)C(C1c3ccccc3CCN1c1ccccc1)CN2. The molecule has 2 unspecified atom stereocenters. The maximum Gasteiger partial charge on any atom is 0.269 e. The summed E-state index contributed by atoms with van der Waals surface area (Å²) in [7, 11) is 0. The number of rotatable bonds is 3. The molecule has 0 saturated carbocycles. The third-order valence-corrected chi connectivity index (χ3v) is 5.96. The van der Waals surface area contributed by atoms with Crippen molar-refractivity contribution in [3.63, 3.8) is 0 Å². The molecule has 2 atom stereocenters. The zero-order chi connectivity index (χ0) is 19.1. The van der Waals surface area contributed by atoms with Crippen molar-refractivity contribution in [3.8, 4) is 0 Å². The van der Waals surface area contributed by atoms with Gasteiger partial charge in [-0.1, -0.05) is 42.5 Å². The quantitative estimate of drug-likeness (QED) is 0.525. The Kier molecular flexibility index (Phi) is 4.01. The summed E-state index contributed by atoms with van der Waals surface area (Å²) in [4.78, 5) is 13.5. The minimum Gasteiger partial charge on any atom is -0.384 e. The lowest BCUT2D eigenvalue weighted by Gasteiger charge is -2.42. The Bertz CT molecular complexity index is 1040. The van der Waals surface area contributed by atoms with E-state index in [4.69, 9.17) is 0 Å². The number of nitro groups is 1. The number of anilines is 2. The van der Waals surface area contributed by atoms with Gasteiger partial charge in [-0.3, -0.25) is 10.1 Å². The van der Waals surface area contributed by atoms with Gasteiger partial charge >= 0.3 is 0 Å². The summed E-state index contributed by atoms with van der Waals surface area (Å²) in [6, 6.07) is 24.4. The van der Waals surface area contributed by atoms with Crippen molar-refractivity contribution in [1.29, 1.82) is 0 Å². The van der Waals surface area contributed by atoms with Crippen LogP contribution >= 0.6 is 0 Å². The first-order valence-electron chi connectivity index (χ1n) is 9.64. The number of fused-ring (bicyclic) bond motifs is 2. The van der Waals surface area contributed by atoms with E-state index in [1.807, 2.05) is 12.1 Å². The Balaban J connectivity index is 1.64. The molecule has 0 bridgehead atoms. The lowest BCUT2D eigenvalue weighted by atomic mass is 9.81. The van der Waals surface area contributed by atoms with Gasteiger partial charge in [-0.25, -0.2) is 0 Å². The highest BCUT2D eigenvalue weighted by Crippen LogP contribution is 2.47. The van der Waals surface area contributed by atoms with Gasteiger partial charge < -0.3 is 10.2 Å². The first-order chi connectivity index (χ1) is 13.7. The summed E-state index contributed by atoms with van der Waals surface area (Å²) in [5.41, 5.74) is 6.09. The fraction of sp³-hybridized carbons (Fsp3) is 0.217. The molecule has 0 fully saturated rings. The van der Waals surface area contributed by atoms with Crippen LogP contribution < -0.4 is 10.2 Å². The molecule has 2 aliphatic heterocycles. The number of non-ortho nitro benzene ring substituents is 1. The molecular weight excluding hydrogens is 350 g/mol. The van der Waals surface area contributed by atoms with Gasteiger partial charge in [0.15, 0.2) is 0 Å². The predicted octanol–water partition coefficient (Wildman–Crippen LogP) is 4.91. The van der Waals surface area contributed by atoms with Crippen molar-refractivity contribution >= 4 is 17.1 Å². The van der Waals surface area contributed by atoms with Gasteiger partial charge in [0, 0.05) is 42.5 Å². The highest BCUT2D eigenvalue weighted by atomic mass is 16.6. The third-order valence-electron chi connectivity index (χ3n) is 5.96. The van der Waals surface area contributed by atoms with Crippen LogP contribution in [0.3, 0.4) is 0 Å². The molecule has 3 aromatic rings. The topological polar surface area (TPSA) is 58.4 Å². The number of nitro benzene ring substituents is 1. The summed E-state index contributed by atoms with van der Waals surface area (Å²) in [6.45, 7) is 1.71. The Morgan fingerprint density at radius 1 is 0.964 bits per heavy atom. The van der Waals surface area contributed by atoms with Crippen molar-refractivity contribution < 1.29 is 4.92 Å². The zero-order valence-corrected chi connectivity index (χ0v) is 15.4. The van der Waals surface area contributed by atoms with Crippen molar-refractivity contribution in [3.05, 3.63) is 99.6 Å². The summed E-state index contributed by atoms with van der Waals surface area (Å²) in [5.74, 6) is 0.150. The maximum absolute atomic E-state index is 11.3. The number of nitrogens with one attached hydrogen (secondary N) is 1. The number of para-hydroxylation sites is 1. The molecule has 3 aromatic carbocycles. The van der Waals surface area contributed by atoms with E-state index in [0.29, 0.717) is 0 Å². The highest BCUT2D eigenvalue weighted by molar-refractivity contribution is 5.64. The first kappa shape index (κ1) is 16.8. The van der Waals surface area contributed by atoms with E-state index in [-0.39, 0.29) is 22.6 Å². The molecule has 0 aliphatic carbocycles. The fourth-order valence-electron chi connectivity index (χ4n) is 4.68. The standard InChI is InChI=1S/C23H21N3O2/c27-26(28)18-10-11-22-20(14-18)21(15-24-22)23-19-9-5-4-6-16(19)12-13-25(23)17-7-2-1-3-8-17/h1-11,14,21,23-24H,12-13,15H2. The van der Waals surface area contributed by atoms with Gasteiger partial charge in [0.1, 0.15) is 0 Å². The van der Waals surface area contributed by atoms with Crippen molar-refractivity contribution in [2.45, 2.75) is 18.4 Å². The molecule has 1 N–H and O–H groups in total. The van der Waals surface area contributed by atoms with Gasteiger partial charge in [0.05, 0.1) is 11.0 Å². The number of benzene rings is 3. The Hall–Kier alpha value is -3.34. The molecule has 0 aromatic heterocycles. The molecule has 0 saturated heterocycles. The summed E-state index contributed by atoms with van der Waals surface area (Å²) < 4.78 is 0. The second-order valence-corrected chi connectivity index (χ2v) is 7.44. The second kappa shape index (κ2) is 6.68. The van der Waals surface area contributed by atoms with Gasteiger partial charge in [0.2, 0.25) is 0 Å². The van der Waals surface area contributed by atoms with Crippen LogP contribution in [0.2, 0.25) is 0 Å². The molecule has 5 nitrogen and oxygen atoms in total. The molecule has 5 heteroatoms. The molecule has 0 amide bonds. The van der Waals surface area contributed by atoms with Crippen LogP contribution in [0.5, 0.6) is 0 Å². The van der Waals surface area contributed by atoms with Crippen LogP contribution in [0.1, 0.15) is 28.7 Å². The largest absolute Gasteiger partial charge is 0.384 e. The summed E-state index contributed by atoms with van der Waals surface area (Å²) in [6.07, 6.45) is 1.00. The molecular formula is C23H21N3O2. The van der Waals surface area contributed by atoms with Gasteiger partial charge in [0.25, 0.3) is 5.69 Å². The second-order valence-electron chi connectivity index (χ2n) is 7.44. The van der Waals surface area contributed by atoms with E-state index in [2.05, 4.69) is 58.7 Å². The van der Waals surface area contributed by atoms with E-state index in [9.17, 15) is 10.1 Å². The average molecular weight is 371 g/mol. The minimum absolute atomic E-state index is 0.142. The van der Waals surface area contributed by atoms with Gasteiger partial charge in [-0.15, -0.1) is 0 Å². The minimum atomic E-state index is -0.306. The third kappa shape index (κ3) is 2.71. The molecule has 5 rings (SSSR count). The van der Waals surface area contributed by atoms with Crippen molar-refractivity contribution in [1.82, 2.24) is 0 Å². The van der Waals surface area contributed by atoms with Crippen LogP contribution in [0.15, 0.2) is 72.8 Å². The molecule has 2 aliphatic rings. The van der Waals surface area contributed by atoms with Crippen LogP contribution in [-0.2, 0) is 6.42 Å². The monoisotopic (exact) mass is 371 g/mol. The van der Waals surface area contributed by atoms with Gasteiger partial charge in [-0.2, -0.15) is 0 Å². The van der Waals surface area contributed by atoms with E-state index >= 15 is 0 Å². The van der Waals surface area contributed by atoms with E-state index in [1.54, 1.807) is 12.1 Å². The normalized spacial score (nSPS) is 20.2. The van der Waals surface area contributed by atoms with Crippen LogP contribution in [0.25, 0.3) is 0 Å². The zero-order valence-electron chi connectivity index (χ0n) is 15.4. The number of nitrogens with zero attached hydrogens (tertiary/aromatic N) is 2. The molecule has 140 valence electrons. The van der Waals surface area contributed by atoms with Crippen LogP contribution in [0.4, 0.5) is 17.1 Å². The molecule has 2 heterocycles. The lowest BCUT2D eigenvalue weighted by Crippen LogP contribution is -2.39. The van der Waals surface area contributed by atoms with Crippen LogP contribution in [-0.4, -0.2) is 18.0 Å². The molecule has 0 spiro atoms.